The van der Waals surface area contributed by atoms with Gasteiger partial charge < -0.3 is 5.32 Å². The number of hydrogen-bond donors (Lipinski definition) is 1. The Morgan fingerprint density at radius 1 is 1.28 bits per heavy atom. The molecule has 0 radical (unpaired) electrons. The standard InChI is InChI=1S/C14H19Cl2NO/c1-10(2)8-9-17-14(18)7-6-11-12(15)4-3-5-13(11)16/h3-5,10H,6-9H2,1-2H3,(H,17,18). The molecule has 0 heterocycles. The summed E-state index contributed by atoms with van der Waals surface area (Å²) in [5, 5.41) is 4.14. The molecule has 0 aromatic heterocycles. The third-order valence-electron chi connectivity index (χ3n) is 2.71. The number of rotatable bonds is 6. The molecule has 0 saturated heterocycles. The highest BCUT2D eigenvalue weighted by molar-refractivity contribution is 6.36. The third-order valence-corrected chi connectivity index (χ3v) is 3.42. The third kappa shape index (κ3) is 5.28. The van der Waals surface area contributed by atoms with Crippen molar-refractivity contribution in [2.24, 2.45) is 5.92 Å². The molecule has 1 amide bonds. The van der Waals surface area contributed by atoms with Crippen LogP contribution < -0.4 is 5.32 Å². The molecule has 2 nitrogen and oxygen atoms in total. The largest absolute Gasteiger partial charge is 0.356 e. The second-order valence-corrected chi connectivity index (χ2v) is 5.55. The maximum Gasteiger partial charge on any atom is 0.220 e. The van der Waals surface area contributed by atoms with Crippen LogP contribution in [0.1, 0.15) is 32.3 Å². The Balaban J connectivity index is 2.38. The van der Waals surface area contributed by atoms with Gasteiger partial charge in [-0.15, -0.1) is 0 Å². The smallest absolute Gasteiger partial charge is 0.220 e. The van der Waals surface area contributed by atoms with Crippen LogP contribution in [0.25, 0.3) is 0 Å². The number of amides is 1. The maximum absolute atomic E-state index is 11.6. The van der Waals surface area contributed by atoms with Crippen molar-refractivity contribution in [3.8, 4) is 0 Å². The summed E-state index contributed by atoms with van der Waals surface area (Å²) in [6, 6.07) is 5.38. The van der Waals surface area contributed by atoms with Gasteiger partial charge in [0.05, 0.1) is 0 Å². The normalized spacial score (nSPS) is 10.7. The first-order chi connectivity index (χ1) is 8.50. The Labute approximate surface area is 119 Å². The Hall–Kier alpha value is -0.730. The lowest BCUT2D eigenvalue weighted by Gasteiger charge is -2.08. The summed E-state index contributed by atoms with van der Waals surface area (Å²) < 4.78 is 0. The van der Waals surface area contributed by atoms with Gasteiger partial charge in [-0.25, -0.2) is 0 Å². The topological polar surface area (TPSA) is 29.1 Å². The minimum absolute atomic E-state index is 0.0478. The quantitative estimate of drug-likeness (QED) is 0.839. The SMILES string of the molecule is CC(C)CCNC(=O)CCc1c(Cl)cccc1Cl. The van der Waals surface area contributed by atoms with E-state index in [1.807, 2.05) is 0 Å². The molecule has 0 unspecified atom stereocenters. The molecular formula is C14H19Cl2NO. The van der Waals surface area contributed by atoms with Crippen molar-refractivity contribution >= 4 is 29.1 Å². The molecule has 0 aliphatic carbocycles. The number of hydrogen-bond acceptors (Lipinski definition) is 1. The lowest BCUT2D eigenvalue weighted by Crippen LogP contribution is -2.25. The average molecular weight is 288 g/mol. The Kier molecular flexibility index (Phi) is 6.51. The highest BCUT2D eigenvalue weighted by Gasteiger charge is 2.08. The number of nitrogens with one attached hydrogen (secondary N) is 1. The maximum atomic E-state index is 11.6. The first-order valence-electron chi connectivity index (χ1n) is 6.20. The number of halogens is 2. The van der Waals surface area contributed by atoms with Crippen molar-refractivity contribution in [1.82, 2.24) is 5.32 Å². The van der Waals surface area contributed by atoms with Crippen molar-refractivity contribution in [2.75, 3.05) is 6.54 Å². The zero-order valence-electron chi connectivity index (χ0n) is 10.8. The molecule has 0 fully saturated rings. The van der Waals surface area contributed by atoms with E-state index in [0.717, 1.165) is 18.5 Å². The second-order valence-electron chi connectivity index (χ2n) is 4.73. The van der Waals surface area contributed by atoms with E-state index in [0.29, 0.717) is 28.8 Å². The molecule has 18 heavy (non-hydrogen) atoms. The summed E-state index contributed by atoms with van der Waals surface area (Å²) in [5.74, 6) is 0.648. The van der Waals surface area contributed by atoms with E-state index >= 15 is 0 Å². The monoisotopic (exact) mass is 287 g/mol. The predicted molar refractivity (Wildman–Crippen MR) is 77.2 cm³/mol. The predicted octanol–water partition coefficient (Wildman–Crippen LogP) is 4.09. The summed E-state index contributed by atoms with van der Waals surface area (Å²) in [7, 11) is 0. The van der Waals surface area contributed by atoms with Crippen LogP contribution in [-0.2, 0) is 11.2 Å². The summed E-state index contributed by atoms with van der Waals surface area (Å²) in [4.78, 5) is 11.6. The van der Waals surface area contributed by atoms with Crippen LogP contribution in [0, 0.1) is 5.92 Å². The first kappa shape index (κ1) is 15.3. The molecular weight excluding hydrogens is 269 g/mol. The summed E-state index contributed by atoms with van der Waals surface area (Å²) in [6.45, 7) is 5.00. The van der Waals surface area contributed by atoms with E-state index in [1.54, 1.807) is 18.2 Å². The molecule has 1 aromatic carbocycles. The van der Waals surface area contributed by atoms with Crippen LogP contribution in [0.4, 0.5) is 0 Å². The molecule has 100 valence electrons. The fraction of sp³-hybridized carbons (Fsp3) is 0.500. The number of carbonyl (C=O) groups is 1. The van der Waals surface area contributed by atoms with E-state index in [9.17, 15) is 4.79 Å². The van der Waals surface area contributed by atoms with Gasteiger partial charge in [0.25, 0.3) is 0 Å². The highest BCUT2D eigenvalue weighted by atomic mass is 35.5. The summed E-state index contributed by atoms with van der Waals surface area (Å²) in [6.07, 6.45) is 1.99. The molecule has 0 atom stereocenters. The Morgan fingerprint density at radius 2 is 1.89 bits per heavy atom. The number of benzene rings is 1. The van der Waals surface area contributed by atoms with E-state index in [4.69, 9.17) is 23.2 Å². The second kappa shape index (κ2) is 7.65. The van der Waals surface area contributed by atoms with Crippen LogP contribution in [0.3, 0.4) is 0 Å². The van der Waals surface area contributed by atoms with Gasteiger partial charge in [0.1, 0.15) is 0 Å². The molecule has 1 N–H and O–H groups in total. The van der Waals surface area contributed by atoms with Crippen molar-refractivity contribution in [2.45, 2.75) is 33.1 Å². The summed E-state index contributed by atoms with van der Waals surface area (Å²) in [5.41, 5.74) is 0.847. The minimum Gasteiger partial charge on any atom is -0.356 e. The highest BCUT2D eigenvalue weighted by Crippen LogP contribution is 2.25. The van der Waals surface area contributed by atoms with Crippen molar-refractivity contribution < 1.29 is 4.79 Å². The molecule has 0 aliphatic rings. The lowest BCUT2D eigenvalue weighted by atomic mass is 10.1. The van der Waals surface area contributed by atoms with Crippen molar-refractivity contribution in [3.05, 3.63) is 33.8 Å². The van der Waals surface area contributed by atoms with Gasteiger partial charge in [-0.05, 0) is 36.5 Å². The van der Waals surface area contributed by atoms with Gasteiger partial charge in [0.2, 0.25) is 5.91 Å². The van der Waals surface area contributed by atoms with Gasteiger partial charge in [-0.1, -0.05) is 43.1 Å². The van der Waals surface area contributed by atoms with Crippen LogP contribution >= 0.6 is 23.2 Å². The molecule has 0 bridgehead atoms. The molecule has 1 rings (SSSR count). The Bertz CT molecular complexity index is 385. The van der Waals surface area contributed by atoms with E-state index in [2.05, 4.69) is 19.2 Å². The first-order valence-corrected chi connectivity index (χ1v) is 6.96. The molecule has 0 spiro atoms. The Morgan fingerprint density at radius 3 is 2.44 bits per heavy atom. The average Bonchev–Trinajstić information content (AvgIpc) is 2.27. The van der Waals surface area contributed by atoms with E-state index < -0.39 is 0 Å². The van der Waals surface area contributed by atoms with Gasteiger partial charge in [-0.2, -0.15) is 0 Å². The van der Waals surface area contributed by atoms with Gasteiger partial charge in [-0.3, -0.25) is 4.79 Å². The van der Waals surface area contributed by atoms with Crippen LogP contribution in [-0.4, -0.2) is 12.5 Å². The lowest BCUT2D eigenvalue weighted by molar-refractivity contribution is -0.121. The fourth-order valence-corrected chi connectivity index (χ4v) is 2.18. The van der Waals surface area contributed by atoms with Gasteiger partial charge in [0, 0.05) is 23.0 Å². The van der Waals surface area contributed by atoms with Crippen LogP contribution in [0.15, 0.2) is 18.2 Å². The molecule has 1 aromatic rings. The van der Waals surface area contributed by atoms with Crippen molar-refractivity contribution in [1.29, 1.82) is 0 Å². The zero-order valence-corrected chi connectivity index (χ0v) is 12.3. The zero-order chi connectivity index (χ0) is 13.5. The molecule has 0 saturated carbocycles. The van der Waals surface area contributed by atoms with Crippen LogP contribution in [0.5, 0.6) is 0 Å². The summed E-state index contributed by atoms with van der Waals surface area (Å²) >= 11 is 12.1. The van der Waals surface area contributed by atoms with E-state index in [-0.39, 0.29) is 5.91 Å². The minimum atomic E-state index is 0.0478. The van der Waals surface area contributed by atoms with Crippen LogP contribution in [0.2, 0.25) is 10.0 Å². The van der Waals surface area contributed by atoms with Crippen molar-refractivity contribution in [3.63, 3.8) is 0 Å². The molecule has 0 aliphatic heterocycles. The van der Waals surface area contributed by atoms with Gasteiger partial charge >= 0.3 is 0 Å². The number of carbonyl (C=O) groups excluding carboxylic acids is 1. The van der Waals surface area contributed by atoms with Gasteiger partial charge in [0.15, 0.2) is 0 Å². The van der Waals surface area contributed by atoms with E-state index in [1.165, 1.54) is 0 Å². The fourth-order valence-electron chi connectivity index (χ4n) is 1.60. The molecule has 4 heteroatoms.